The van der Waals surface area contributed by atoms with Crippen LogP contribution < -0.4 is 10.6 Å². The lowest BCUT2D eigenvalue weighted by atomic mass is 9.96. The summed E-state index contributed by atoms with van der Waals surface area (Å²) in [6.07, 6.45) is 7.16. The molecule has 1 aromatic heterocycles. The minimum Gasteiger partial charge on any atom is -0.396 e. The fourth-order valence-corrected chi connectivity index (χ4v) is 3.33. The zero-order valence-corrected chi connectivity index (χ0v) is 11.6. The molecule has 4 heteroatoms. The molecule has 0 aliphatic carbocycles. The van der Waals surface area contributed by atoms with Gasteiger partial charge in [-0.15, -0.1) is 0 Å². The molecule has 2 fully saturated rings. The Balaban J connectivity index is 1.53. The zero-order chi connectivity index (χ0) is 13.1. The molecule has 0 unspecified atom stereocenters. The van der Waals surface area contributed by atoms with Gasteiger partial charge in [0.15, 0.2) is 5.82 Å². The van der Waals surface area contributed by atoms with Crippen molar-refractivity contribution in [3.8, 4) is 0 Å². The summed E-state index contributed by atoms with van der Waals surface area (Å²) in [5, 5.41) is 0. The van der Waals surface area contributed by atoms with E-state index in [4.69, 9.17) is 5.73 Å². The number of hydrogen-bond acceptors (Lipinski definition) is 4. The van der Waals surface area contributed by atoms with E-state index >= 15 is 0 Å². The van der Waals surface area contributed by atoms with E-state index in [2.05, 4.69) is 14.8 Å². The molecule has 0 atom stereocenters. The Morgan fingerprint density at radius 2 is 1.89 bits per heavy atom. The first-order chi connectivity index (χ1) is 9.33. The minimum absolute atomic E-state index is 0.806. The van der Waals surface area contributed by atoms with Gasteiger partial charge in [-0.3, -0.25) is 0 Å². The third kappa shape index (κ3) is 3.00. The number of aromatic nitrogens is 1. The van der Waals surface area contributed by atoms with E-state index in [1.807, 2.05) is 18.3 Å². The molecular formula is C15H24N4. The van der Waals surface area contributed by atoms with Crippen LogP contribution in [0.25, 0.3) is 0 Å². The average molecular weight is 260 g/mol. The van der Waals surface area contributed by atoms with Gasteiger partial charge >= 0.3 is 0 Å². The second kappa shape index (κ2) is 5.78. The highest BCUT2D eigenvalue weighted by atomic mass is 15.2. The third-order valence-corrected chi connectivity index (χ3v) is 4.45. The van der Waals surface area contributed by atoms with Crippen LogP contribution in [0.1, 0.15) is 25.7 Å². The number of nitrogens with zero attached hydrogens (tertiary/aromatic N) is 3. The van der Waals surface area contributed by atoms with E-state index in [-0.39, 0.29) is 0 Å². The first kappa shape index (κ1) is 12.7. The second-order valence-electron chi connectivity index (χ2n) is 5.85. The summed E-state index contributed by atoms with van der Waals surface area (Å²) >= 11 is 0. The highest BCUT2D eigenvalue weighted by Gasteiger charge is 2.24. The molecular weight excluding hydrogens is 236 g/mol. The number of nitrogens with two attached hydrogens (primary N) is 1. The van der Waals surface area contributed by atoms with Crippen LogP contribution in [0.2, 0.25) is 0 Å². The summed E-state index contributed by atoms with van der Waals surface area (Å²) in [5.41, 5.74) is 6.81. The van der Waals surface area contributed by atoms with Crippen molar-refractivity contribution >= 4 is 11.5 Å². The number of piperidine rings is 1. The van der Waals surface area contributed by atoms with Gasteiger partial charge in [-0.05, 0) is 56.8 Å². The van der Waals surface area contributed by atoms with E-state index in [9.17, 15) is 0 Å². The number of pyridine rings is 1. The summed E-state index contributed by atoms with van der Waals surface area (Å²) in [5.74, 6) is 1.83. The molecule has 3 rings (SSSR count). The van der Waals surface area contributed by atoms with Gasteiger partial charge in [0.2, 0.25) is 0 Å². The van der Waals surface area contributed by atoms with Gasteiger partial charge in [0.1, 0.15) is 0 Å². The number of rotatable bonds is 3. The lowest BCUT2D eigenvalue weighted by Gasteiger charge is -2.34. The lowest BCUT2D eigenvalue weighted by molar-refractivity contribution is 0.249. The first-order valence-electron chi connectivity index (χ1n) is 7.51. The molecule has 2 saturated heterocycles. The maximum Gasteiger partial charge on any atom is 0.151 e. The summed E-state index contributed by atoms with van der Waals surface area (Å²) < 4.78 is 0. The van der Waals surface area contributed by atoms with Crippen LogP contribution in [0.15, 0.2) is 18.3 Å². The van der Waals surface area contributed by atoms with Gasteiger partial charge < -0.3 is 15.5 Å². The second-order valence-corrected chi connectivity index (χ2v) is 5.85. The molecule has 2 aliphatic rings. The lowest BCUT2D eigenvalue weighted by Crippen LogP contribution is -2.38. The monoisotopic (exact) mass is 260 g/mol. The highest BCUT2D eigenvalue weighted by Crippen LogP contribution is 2.26. The Bertz CT molecular complexity index is 406. The van der Waals surface area contributed by atoms with E-state index in [0.29, 0.717) is 0 Å². The molecule has 2 N–H and O–H groups in total. The topological polar surface area (TPSA) is 45.4 Å². The maximum atomic E-state index is 6.01. The summed E-state index contributed by atoms with van der Waals surface area (Å²) in [6.45, 7) is 6.12. The number of hydrogen-bond donors (Lipinski definition) is 1. The number of anilines is 2. The van der Waals surface area contributed by atoms with Gasteiger partial charge in [-0.2, -0.15) is 0 Å². The third-order valence-electron chi connectivity index (χ3n) is 4.45. The average Bonchev–Trinajstić information content (AvgIpc) is 2.93. The number of nitrogen functional groups attached to an aromatic ring is 1. The SMILES string of the molecule is Nc1cccnc1N1CCC(CN2CCCC2)CC1. The van der Waals surface area contributed by atoms with Crippen LogP contribution in [0.4, 0.5) is 11.5 Å². The number of likely N-dealkylation sites (tertiary alicyclic amines) is 1. The van der Waals surface area contributed by atoms with Gasteiger partial charge in [-0.25, -0.2) is 4.98 Å². The Kier molecular flexibility index (Phi) is 3.87. The van der Waals surface area contributed by atoms with Crippen LogP contribution in [-0.4, -0.2) is 42.6 Å². The Morgan fingerprint density at radius 1 is 1.16 bits per heavy atom. The molecule has 0 saturated carbocycles. The van der Waals surface area contributed by atoms with Crippen molar-refractivity contribution < 1.29 is 0 Å². The van der Waals surface area contributed by atoms with Crippen molar-refractivity contribution in [2.75, 3.05) is 43.4 Å². The molecule has 0 spiro atoms. The predicted molar refractivity (Wildman–Crippen MR) is 79.3 cm³/mol. The van der Waals surface area contributed by atoms with Crippen molar-refractivity contribution in [3.63, 3.8) is 0 Å². The summed E-state index contributed by atoms with van der Waals surface area (Å²) in [7, 11) is 0. The largest absolute Gasteiger partial charge is 0.396 e. The molecule has 1 aromatic rings. The van der Waals surface area contributed by atoms with E-state index in [0.717, 1.165) is 30.5 Å². The summed E-state index contributed by atoms with van der Waals surface area (Å²) in [6, 6.07) is 3.84. The molecule has 104 valence electrons. The van der Waals surface area contributed by atoms with Gasteiger partial charge in [0.05, 0.1) is 5.69 Å². The smallest absolute Gasteiger partial charge is 0.151 e. The Hall–Kier alpha value is -1.29. The van der Waals surface area contributed by atoms with Crippen molar-refractivity contribution in [1.29, 1.82) is 0 Å². The molecule has 0 aromatic carbocycles. The van der Waals surface area contributed by atoms with Crippen LogP contribution in [-0.2, 0) is 0 Å². The van der Waals surface area contributed by atoms with Gasteiger partial charge in [0.25, 0.3) is 0 Å². The standard InChI is InChI=1S/C15H24N4/c16-14-4-3-7-17-15(14)19-10-5-13(6-11-19)12-18-8-1-2-9-18/h3-4,7,13H,1-2,5-6,8-12,16H2. The van der Waals surface area contributed by atoms with E-state index < -0.39 is 0 Å². The normalized spacial score (nSPS) is 22.0. The quantitative estimate of drug-likeness (QED) is 0.902. The van der Waals surface area contributed by atoms with Crippen molar-refractivity contribution in [2.45, 2.75) is 25.7 Å². The Labute approximate surface area is 115 Å². The predicted octanol–water partition coefficient (Wildman–Crippen LogP) is 1.98. The zero-order valence-electron chi connectivity index (χ0n) is 11.6. The van der Waals surface area contributed by atoms with Crippen LogP contribution in [0, 0.1) is 5.92 Å². The molecule has 4 nitrogen and oxygen atoms in total. The molecule has 3 heterocycles. The first-order valence-corrected chi connectivity index (χ1v) is 7.51. The van der Waals surface area contributed by atoms with Crippen molar-refractivity contribution in [1.82, 2.24) is 9.88 Å². The highest BCUT2D eigenvalue weighted by molar-refractivity contribution is 5.62. The van der Waals surface area contributed by atoms with Crippen molar-refractivity contribution in [2.24, 2.45) is 5.92 Å². The maximum absolute atomic E-state index is 6.01. The molecule has 19 heavy (non-hydrogen) atoms. The van der Waals surface area contributed by atoms with Crippen molar-refractivity contribution in [3.05, 3.63) is 18.3 Å². The van der Waals surface area contributed by atoms with E-state index in [1.165, 1.54) is 45.3 Å². The van der Waals surface area contributed by atoms with Crippen LogP contribution in [0.3, 0.4) is 0 Å². The van der Waals surface area contributed by atoms with Gasteiger partial charge in [-0.1, -0.05) is 0 Å². The Morgan fingerprint density at radius 3 is 2.58 bits per heavy atom. The molecule has 2 aliphatic heterocycles. The van der Waals surface area contributed by atoms with Gasteiger partial charge in [0, 0.05) is 25.8 Å². The molecule has 0 radical (unpaired) electrons. The minimum atomic E-state index is 0.806. The molecule has 0 bridgehead atoms. The fraction of sp³-hybridized carbons (Fsp3) is 0.667. The summed E-state index contributed by atoms with van der Waals surface area (Å²) in [4.78, 5) is 9.40. The fourth-order valence-electron chi connectivity index (χ4n) is 3.33. The molecule has 0 amide bonds. The van der Waals surface area contributed by atoms with E-state index in [1.54, 1.807) is 0 Å². The van der Waals surface area contributed by atoms with Crippen LogP contribution >= 0.6 is 0 Å². The van der Waals surface area contributed by atoms with Crippen LogP contribution in [0.5, 0.6) is 0 Å².